The van der Waals surface area contributed by atoms with Crippen molar-refractivity contribution >= 4 is 17.2 Å². The molecule has 0 spiro atoms. The topological polar surface area (TPSA) is 56.7 Å². The van der Waals surface area contributed by atoms with Gasteiger partial charge in [0.2, 0.25) is 0 Å². The molecule has 1 N–H and O–H groups in total. The number of hydrogen-bond acceptors (Lipinski definition) is 5. The smallest absolute Gasteiger partial charge is 0.251 e. The zero-order chi connectivity index (χ0) is 16.2. The van der Waals surface area contributed by atoms with Crippen molar-refractivity contribution in [3.05, 3.63) is 41.5 Å². The maximum atomic E-state index is 11.8. The minimum absolute atomic E-state index is 0.176. The molecule has 5 nitrogen and oxygen atoms in total. The van der Waals surface area contributed by atoms with Crippen molar-refractivity contribution in [3.8, 4) is 10.4 Å². The number of hydrogen-bond donors (Lipinski definition) is 1. The Morgan fingerprint density at radius 3 is 2.61 bits per heavy atom. The van der Waals surface area contributed by atoms with Crippen molar-refractivity contribution in [1.82, 2.24) is 14.8 Å². The molecule has 122 valence electrons. The van der Waals surface area contributed by atoms with E-state index in [1.54, 1.807) is 16.2 Å². The number of thiazole rings is 1. The van der Waals surface area contributed by atoms with Crippen molar-refractivity contribution in [1.29, 1.82) is 0 Å². The van der Waals surface area contributed by atoms with Gasteiger partial charge in [0.15, 0.2) is 0 Å². The summed E-state index contributed by atoms with van der Waals surface area (Å²) in [6, 6.07) is 10.3. The van der Waals surface area contributed by atoms with Gasteiger partial charge in [0, 0.05) is 32.4 Å². The Bertz CT molecular complexity index is 649. The fourth-order valence-electron chi connectivity index (χ4n) is 2.70. The van der Waals surface area contributed by atoms with Gasteiger partial charge in [0.05, 0.1) is 11.4 Å². The van der Waals surface area contributed by atoms with Crippen LogP contribution in [-0.2, 0) is 11.3 Å². The van der Waals surface area contributed by atoms with Gasteiger partial charge in [-0.1, -0.05) is 30.3 Å². The van der Waals surface area contributed by atoms with E-state index in [0.29, 0.717) is 13.1 Å². The van der Waals surface area contributed by atoms with E-state index in [2.05, 4.69) is 22.0 Å². The monoisotopic (exact) mass is 331 g/mol. The van der Waals surface area contributed by atoms with Crippen molar-refractivity contribution in [3.63, 3.8) is 0 Å². The van der Waals surface area contributed by atoms with Crippen LogP contribution in [0.4, 0.5) is 0 Å². The van der Waals surface area contributed by atoms with Crippen LogP contribution < -0.4 is 0 Å². The molecule has 6 heteroatoms. The van der Waals surface area contributed by atoms with Gasteiger partial charge < -0.3 is 10.0 Å². The molecule has 1 amide bonds. The predicted octanol–water partition coefficient (Wildman–Crippen LogP) is 1.84. The third-order valence-corrected chi connectivity index (χ3v) is 5.04. The molecule has 1 fully saturated rings. The number of benzene rings is 1. The summed E-state index contributed by atoms with van der Waals surface area (Å²) >= 11 is 1.72. The van der Waals surface area contributed by atoms with Gasteiger partial charge >= 0.3 is 0 Å². The van der Waals surface area contributed by atoms with Gasteiger partial charge in [-0.3, -0.25) is 9.69 Å². The number of carbonyl (C=O) groups is 1. The predicted molar refractivity (Wildman–Crippen MR) is 91.1 cm³/mol. The summed E-state index contributed by atoms with van der Waals surface area (Å²) in [5.74, 6) is -0.176. The molecular formula is C17H21N3O2S. The number of aliphatic hydroxyl groups is 1. The Kier molecular flexibility index (Phi) is 5.05. The molecule has 1 atom stereocenters. The highest BCUT2D eigenvalue weighted by atomic mass is 32.1. The second kappa shape index (κ2) is 7.21. The minimum Gasteiger partial charge on any atom is -0.384 e. The first-order valence-corrected chi connectivity index (χ1v) is 8.64. The van der Waals surface area contributed by atoms with Crippen LogP contribution in [0.5, 0.6) is 0 Å². The summed E-state index contributed by atoms with van der Waals surface area (Å²) in [4.78, 5) is 21.5. The zero-order valence-electron chi connectivity index (χ0n) is 13.2. The lowest BCUT2D eigenvalue weighted by Gasteiger charge is -2.34. The third kappa shape index (κ3) is 3.96. The molecule has 1 saturated heterocycles. The molecule has 1 unspecified atom stereocenters. The van der Waals surface area contributed by atoms with Crippen LogP contribution in [0.2, 0.25) is 0 Å². The fraction of sp³-hybridized carbons (Fsp3) is 0.412. The van der Waals surface area contributed by atoms with Gasteiger partial charge in [-0.15, -0.1) is 11.3 Å². The number of aromatic nitrogens is 1. The summed E-state index contributed by atoms with van der Waals surface area (Å²) in [5, 5.41) is 10.5. The normalized spacial score (nSPS) is 17.2. The minimum atomic E-state index is -0.908. The highest BCUT2D eigenvalue weighted by molar-refractivity contribution is 7.15. The largest absolute Gasteiger partial charge is 0.384 e. The Hall–Kier alpha value is -1.76. The molecule has 0 aliphatic carbocycles. The summed E-state index contributed by atoms with van der Waals surface area (Å²) in [7, 11) is 0. The molecule has 1 aliphatic rings. The molecule has 0 radical (unpaired) electrons. The molecule has 1 aromatic heterocycles. The summed E-state index contributed by atoms with van der Waals surface area (Å²) < 4.78 is 0. The van der Waals surface area contributed by atoms with E-state index in [4.69, 9.17) is 0 Å². The van der Waals surface area contributed by atoms with Gasteiger partial charge in [-0.05, 0) is 12.5 Å². The summed E-state index contributed by atoms with van der Waals surface area (Å²) in [6.45, 7) is 5.31. The van der Waals surface area contributed by atoms with Crippen molar-refractivity contribution in [2.45, 2.75) is 19.6 Å². The van der Waals surface area contributed by atoms with Crippen LogP contribution in [0, 0.1) is 0 Å². The van der Waals surface area contributed by atoms with Crippen molar-refractivity contribution < 1.29 is 9.90 Å². The molecule has 2 heterocycles. The number of carbonyl (C=O) groups excluding carboxylic acids is 1. The van der Waals surface area contributed by atoms with Crippen LogP contribution in [0.25, 0.3) is 10.4 Å². The number of nitrogens with zero attached hydrogens (tertiary/aromatic N) is 3. The van der Waals surface area contributed by atoms with E-state index in [1.807, 2.05) is 24.4 Å². The van der Waals surface area contributed by atoms with Crippen LogP contribution in [0.15, 0.2) is 36.5 Å². The lowest BCUT2D eigenvalue weighted by atomic mass is 10.2. The van der Waals surface area contributed by atoms with Gasteiger partial charge in [0.1, 0.15) is 11.1 Å². The lowest BCUT2D eigenvalue weighted by Crippen LogP contribution is -2.50. The summed E-state index contributed by atoms with van der Waals surface area (Å²) in [6.07, 6.45) is 1.02. The van der Waals surface area contributed by atoms with Crippen molar-refractivity contribution in [2.24, 2.45) is 0 Å². The van der Waals surface area contributed by atoms with E-state index in [-0.39, 0.29) is 5.91 Å². The van der Waals surface area contributed by atoms with Gasteiger partial charge in [-0.2, -0.15) is 0 Å². The van der Waals surface area contributed by atoms with Crippen LogP contribution in [-0.4, -0.2) is 58.1 Å². The van der Waals surface area contributed by atoms with Crippen LogP contribution in [0.3, 0.4) is 0 Å². The average Bonchev–Trinajstić information content (AvgIpc) is 3.04. The van der Waals surface area contributed by atoms with E-state index in [0.717, 1.165) is 24.6 Å². The van der Waals surface area contributed by atoms with E-state index >= 15 is 0 Å². The zero-order valence-corrected chi connectivity index (χ0v) is 14.0. The molecule has 1 aliphatic heterocycles. The lowest BCUT2D eigenvalue weighted by molar-refractivity contribution is -0.141. The number of amides is 1. The Balaban J connectivity index is 1.55. The Morgan fingerprint density at radius 2 is 1.96 bits per heavy atom. The quantitative estimate of drug-likeness (QED) is 0.929. The second-order valence-electron chi connectivity index (χ2n) is 5.76. The molecular weight excluding hydrogens is 310 g/mol. The maximum absolute atomic E-state index is 11.8. The number of piperazine rings is 1. The first-order chi connectivity index (χ1) is 11.1. The molecule has 0 bridgehead atoms. The number of rotatable bonds is 4. The van der Waals surface area contributed by atoms with E-state index < -0.39 is 6.10 Å². The second-order valence-corrected chi connectivity index (χ2v) is 6.88. The maximum Gasteiger partial charge on any atom is 0.251 e. The first kappa shape index (κ1) is 16.1. The van der Waals surface area contributed by atoms with Gasteiger partial charge in [-0.25, -0.2) is 4.98 Å². The first-order valence-electron chi connectivity index (χ1n) is 7.83. The van der Waals surface area contributed by atoms with Crippen LogP contribution in [0.1, 0.15) is 11.9 Å². The average molecular weight is 331 g/mol. The Morgan fingerprint density at radius 1 is 1.26 bits per heavy atom. The van der Waals surface area contributed by atoms with Crippen LogP contribution >= 0.6 is 11.3 Å². The molecule has 0 saturated carbocycles. The fourth-order valence-corrected chi connectivity index (χ4v) is 3.67. The third-order valence-electron chi connectivity index (χ3n) is 4.01. The summed E-state index contributed by atoms with van der Waals surface area (Å²) in [5.41, 5.74) is 1.20. The van der Waals surface area contributed by atoms with E-state index in [1.165, 1.54) is 17.4 Å². The molecule has 23 heavy (non-hydrogen) atoms. The van der Waals surface area contributed by atoms with E-state index in [9.17, 15) is 9.90 Å². The highest BCUT2D eigenvalue weighted by Crippen LogP contribution is 2.26. The highest BCUT2D eigenvalue weighted by Gasteiger charge is 2.24. The molecule has 1 aromatic carbocycles. The molecule has 3 rings (SSSR count). The molecule has 2 aromatic rings. The standard InChI is InChI=1S/C17H21N3O2S/c1-13(21)17(22)20-9-7-19(8-10-20)12-16-18-11-15(23-16)14-5-3-2-4-6-14/h2-6,11,13,21H,7-10,12H2,1H3. The Labute approximate surface area is 140 Å². The number of aliphatic hydroxyl groups excluding tert-OH is 1. The van der Waals surface area contributed by atoms with Gasteiger partial charge in [0.25, 0.3) is 5.91 Å². The SMILES string of the molecule is CC(O)C(=O)N1CCN(Cc2ncc(-c3ccccc3)s2)CC1. The van der Waals surface area contributed by atoms with Crippen molar-refractivity contribution in [2.75, 3.05) is 26.2 Å².